The van der Waals surface area contributed by atoms with Gasteiger partial charge < -0.3 is 9.79 Å². The molecule has 0 saturated heterocycles. The molecule has 0 aliphatic heterocycles. The highest BCUT2D eigenvalue weighted by molar-refractivity contribution is 7.91. The van der Waals surface area contributed by atoms with Gasteiger partial charge in [-0.05, 0) is 22.2 Å². The summed E-state index contributed by atoms with van der Waals surface area (Å²) in [6.07, 6.45) is 0. The summed E-state index contributed by atoms with van der Waals surface area (Å²) in [6.45, 7) is 0.0362. The van der Waals surface area contributed by atoms with Crippen molar-refractivity contribution in [3.8, 4) is 0 Å². The number of benzene rings is 3. The van der Waals surface area contributed by atoms with Crippen LogP contribution < -0.4 is 0 Å². The maximum Gasteiger partial charge on any atom is 0.479 e. The minimum atomic E-state index is -4.86. The van der Waals surface area contributed by atoms with E-state index in [2.05, 4.69) is 8.83 Å². The zero-order chi connectivity index (χ0) is 20.6. The first-order chi connectivity index (χ1) is 13.0. The second-order valence-electron chi connectivity index (χ2n) is 6.15. The number of phosphoric acid groups is 1. The molecular weight excluding hydrogens is 426 g/mol. The van der Waals surface area contributed by atoms with Crippen LogP contribution in [0.5, 0.6) is 0 Å². The van der Waals surface area contributed by atoms with Crippen LogP contribution in [0.25, 0.3) is 21.5 Å². The predicted octanol–water partition coefficient (Wildman–Crippen LogP) is 3.72. The highest BCUT2D eigenvalue weighted by Gasteiger charge is 2.30. The van der Waals surface area contributed by atoms with Crippen molar-refractivity contribution in [2.75, 3.05) is 19.0 Å². The average Bonchev–Trinajstić information content (AvgIpc) is 2.58. The number of sulfone groups is 1. The van der Waals surface area contributed by atoms with Crippen LogP contribution >= 0.6 is 15.4 Å². The Morgan fingerprint density at radius 2 is 1.57 bits per heavy atom. The molecule has 0 heterocycles. The Morgan fingerprint density at radius 1 is 0.929 bits per heavy atom. The minimum Gasteiger partial charge on any atom is -0.324 e. The monoisotopic (exact) mass is 444 g/mol. The molecule has 8 nitrogen and oxygen atoms in total. The fraction of sp³-hybridized carbons (Fsp3) is 0.176. The van der Waals surface area contributed by atoms with E-state index in [4.69, 9.17) is 4.89 Å². The summed E-state index contributed by atoms with van der Waals surface area (Å²) in [5.41, 5.74) is 0. The highest BCUT2D eigenvalue weighted by atomic mass is 32.2. The molecule has 0 bridgehead atoms. The van der Waals surface area contributed by atoms with Crippen molar-refractivity contribution in [3.05, 3.63) is 54.6 Å². The second-order valence-corrected chi connectivity index (χ2v) is 11.7. The first kappa shape index (κ1) is 21.1. The van der Waals surface area contributed by atoms with Crippen molar-refractivity contribution in [2.45, 2.75) is 4.90 Å². The molecule has 2 atom stereocenters. The summed E-state index contributed by atoms with van der Waals surface area (Å²) in [5, 5.41) is 2.94. The molecule has 3 rings (SSSR count). The van der Waals surface area contributed by atoms with Crippen molar-refractivity contribution < 1.29 is 36.2 Å². The average molecular weight is 444 g/mol. The molecular formula is C17H18O8P2S. The van der Waals surface area contributed by atoms with Crippen molar-refractivity contribution in [3.63, 3.8) is 0 Å². The van der Waals surface area contributed by atoms with Gasteiger partial charge in [0.25, 0.3) is 0 Å². The van der Waals surface area contributed by atoms with E-state index in [1.807, 2.05) is 36.4 Å². The van der Waals surface area contributed by atoms with Gasteiger partial charge in [0.2, 0.25) is 0 Å². The maximum atomic E-state index is 12.9. The number of phosphoric ester groups is 1. The topological polar surface area (TPSA) is 127 Å². The first-order valence-electron chi connectivity index (χ1n) is 8.11. The van der Waals surface area contributed by atoms with E-state index in [0.717, 1.165) is 22.8 Å². The number of fused-ring (bicyclic) bond motifs is 3. The van der Waals surface area contributed by atoms with E-state index in [1.165, 1.54) is 6.07 Å². The lowest BCUT2D eigenvalue weighted by molar-refractivity contribution is 0.206. The Bertz CT molecular complexity index is 1230. The lowest BCUT2D eigenvalue weighted by Gasteiger charge is -2.14. The largest absolute Gasteiger partial charge is 0.479 e. The summed E-state index contributed by atoms with van der Waals surface area (Å²) < 4.78 is 57.1. The first-order valence-corrected chi connectivity index (χ1v) is 13.3. The third kappa shape index (κ3) is 4.88. The molecule has 0 saturated carbocycles. The normalized spacial score (nSPS) is 16.7. The van der Waals surface area contributed by atoms with E-state index in [0.29, 0.717) is 5.39 Å². The Morgan fingerprint density at radius 3 is 2.29 bits per heavy atom. The summed E-state index contributed by atoms with van der Waals surface area (Å²) in [5.74, 6) is -0.608. The van der Waals surface area contributed by atoms with Gasteiger partial charge in [0, 0.05) is 12.1 Å². The van der Waals surface area contributed by atoms with Gasteiger partial charge in [-0.2, -0.15) is 0 Å². The van der Waals surface area contributed by atoms with Gasteiger partial charge in [-0.1, -0.05) is 48.5 Å². The van der Waals surface area contributed by atoms with E-state index < -0.39 is 37.6 Å². The molecule has 2 N–H and O–H groups in total. The van der Waals surface area contributed by atoms with Crippen LogP contribution in [0.3, 0.4) is 0 Å². The molecule has 0 aromatic heterocycles. The van der Waals surface area contributed by atoms with Gasteiger partial charge in [0.05, 0.1) is 17.3 Å². The van der Waals surface area contributed by atoms with Crippen LogP contribution in [0, 0.1) is 0 Å². The molecule has 0 spiro atoms. The van der Waals surface area contributed by atoms with Gasteiger partial charge in [-0.3, -0.25) is 9.09 Å². The van der Waals surface area contributed by atoms with Crippen LogP contribution in [-0.4, -0.2) is 37.2 Å². The predicted molar refractivity (Wildman–Crippen MR) is 106 cm³/mol. The number of hydrogen-bond acceptors (Lipinski definition) is 6. The molecule has 0 aliphatic rings. The van der Waals surface area contributed by atoms with Gasteiger partial charge in [0.15, 0.2) is 9.84 Å². The summed E-state index contributed by atoms with van der Waals surface area (Å²) in [4.78, 5) is 18.5. The van der Waals surface area contributed by atoms with Crippen LogP contribution in [0.1, 0.15) is 0 Å². The molecule has 0 amide bonds. The van der Waals surface area contributed by atoms with Crippen molar-refractivity contribution >= 4 is 46.8 Å². The Hall–Kier alpha value is -1.57. The van der Waals surface area contributed by atoms with E-state index in [1.54, 1.807) is 12.1 Å². The van der Waals surface area contributed by atoms with Gasteiger partial charge in [0.1, 0.15) is 0 Å². The lowest BCUT2D eigenvalue weighted by atomic mass is 10.0. The fourth-order valence-corrected chi connectivity index (χ4v) is 6.38. The molecule has 150 valence electrons. The van der Waals surface area contributed by atoms with E-state index >= 15 is 0 Å². The molecule has 11 heteroatoms. The molecule has 2 unspecified atom stereocenters. The smallest absolute Gasteiger partial charge is 0.324 e. The van der Waals surface area contributed by atoms with E-state index in [-0.39, 0.29) is 4.90 Å². The number of rotatable bonds is 7. The van der Waals surface area contributed by atoms with Crippen molar-refractivity contribution in [1.82, 2.24) is 0 Å². The molecule has 0 aliphatic carbocycles. The molecule has 3 aromatic rings. The zero-order valence-corrected chi connectivity index (χ0v) is 17.4. The second kappa shape index (κ2) is 7.69. The van der Waals surface area contributed by atoms with Crippen LogP contribution in [-0.2, 0) is 27.8 Å². The summed E-state index contributed by atoms with van der Waals surface area (Å²) >= 11 is 0. The lowest BCUT2D eigenvalue weighted by Crippen LogP contribution is -2.12. The fourth-order valence-electron chi connectivity index (χ4n) is 2.87. The maximum absolute atomic E-state index is 12.9. The van der Waals surface area contributed by atoms with Crippen molar-refractivity contribution in [1.29, 1.82) is 0 Å². The standard InChI is InChI=1S/C17H18O8P2S/c1-26(18,19)25-27(20,21)24-11-12-28(22,23)16-8-4-6-14-10-9-13-5-2-3-7-15(13)17(14)16/h2-10H,11-12H2,1H3,(H,18,19)(H,20,21). The highest BCUT2D eigenvalue weighted by Crippen LogP contribution is 2.57. The molecule has 28 heavy (non-hydrogen) atoms. The summed E-state index contributed by atoms with van der Waals surface area (Å²) in [6, 6.07) is 16.0. The molecule has 0 radical (unpaired) electrons. The van der Waals surface area contributed by atoms with Gasteiger partial charge in [-0.15, -0.1) is 0 Å². The third-order valence-corrected chi connectivity index (χ3v) is 8.19. The Kier molecular flexibility index (Phi) is 5.81. The van der Waals surface area contributed by atoms with Gasteiger partial charge >= 0.3 is 15.4 Å². The number of hydrogen-bond donors (Lipinski definition) is 2. The van der Waals surface area contributed by atoms with Crippen molar-refractivity contribution in [2.24, 2.45) is 0 Å². The third-order valence-electron chi connectivity index (χ3n) is 3.93. The SMILES string of the molecule is CP(=O)(O)OP(=O)(O)OCCS(=O)(=O)c1cccc2ccc3ccccc3c12. The van der Waals surface area contributed by atoms with Crippen LogP contribution in [0.4, 0.5) is 0 Å². The summed E-state index contributed by atoms with van der Waals surface area (Å²) in [7, 11) is -13.0. The van der Waals surface area contributed by atoms with Crippen LogP contribution in [0.15, 0.2) is 59.5 Å². The molecule has 3 aromatic carbocycles. The Balaban J connectivity index is 1.92. The zero-order valence-electron chi connectivity index (χ0n) is 14.8. The van der Waals surface area contributed by atoms with E-state index in [9.17, 15) is 22.4 Å². The van der Waals surface area contributed by atoms with Crippen LogP contribution in [0.2, 0.25) is 0 Å². The minimum absolute atomic E-state index is 0.0717. The van der Waals surface area contributed by atoms with Gasteiger partial charge in [-0.25, -0.2) is 17.3 Å². The molecule has 0 fully saturated rings. The quantitative estimate of drug-likeness (QED) is 0.417. The Labute approximate surface area is 161 Å².